The lowest BCUT2D eigenvalue weighted by Gasteiger charge is -2.24. The number of alkyl halides is 2. The number of rotatable bonds is 9. The van der Waals surface area contributed by atoms with E-state index < -0.39 is 48.2 Å². The van der Waals surface area contributed by atoms with Crippen molar-refractivity contribution in [1.29, 1.82) is 0 Å². The zero-order valence-electron chi connectivity index (χ0n) is 14.7. The molecule has 0 bridgehead atoms. The number of aliphatic hydroxyl groups is 3. The van der Waals surface area contributed by atoms with Gasteiger partial charge in [0, 0.05) is 19.5 Å². The van der Waals surface area contributed by atoms with Crippen LogP contribution in [0, 0.1) is 0 Å². The number of nitrogens with one attached hydrogen (secondary N) is 1. The van der Waals surface area contributed by atoms with E-state index in [1.807, 2.05) is 0 Å². The molecule has 156 valence electrons. The SMILES string of the molecule is CC(=O)OCCCC(=O)Nc1ccn(C(=O)C(F)(F)[C@H](O)[C@H](O)CO)c(=O)n1. The molecular weight excluding hydrogens is 388 g/mol. The molecule has 13 heteroatoms. The molecule has 0 aliphatic heterocycles. The zero-order valence-corrected chi connectivity index (χ0v) is 14.7. The standard InChI is InChI=1S/C15H19F2N3O8/c1-8(22)28-6-2-3-11(24)18-10-4-5-20(14(27)19-10)13(26)15(16,17)12(25)9(23)7-21/h4-5,9,12,21,23,25H,2-3,6-7H2,1H3,(H,18,19,24,27)/t9-,12-/m1/s1. The topological polar surface area (TPSA) is 168 Å². The molecule has 4 N–H and O–H groups in total. The van der Waals surface area contributed by atoms with E-state index in [1.54, 1.807) is 0 Å². The van der Waals surface area contributed by atoms with Gasteiger partial charge in [0.05, 0.1) is 13.2 Å². The second-order valence-corrected chi connectivity index (χ2v) is 5.58. The van der Waals surface area contributed by atoms with Gasteiger partial charge in [-0.25, -0.2) is 9.36 Å². The first-order valence-corrected chi connectivity index (χ1v) is 7.93. The third kappa shape index (κ3) is 6.14. The number of esters is 1. The van der Waals surface area contributed by atoms with Crippen molar-refractivity contribution in [2.24, 2.45) is 0 Å². The van der Waals surface area contributed by atoms with Crippen molar-refractivity contribution in [3.8, 4) is 0 Å². The van der Waals surface area contributed by atoms with E-state index in [1.165, 1.54) is 6.92 Å². The Hall–Kier alpha value is -2.77. The number of nitrogens with zero attached hydrogens (tertiary/aromatic N) is 2. The number of carbonyl (C=O) groups is 3. The van der Waals surface area contributed by atoms with Gasteiger partial charge in [-0.05, 0) is 12.5 Å². The monoisotopic (exact) mass is 407 g/mol. The minimum atomic E-state index is -4.59. The van der Waals surface area contributed by atoms with Crippen LogP contribution in [0.4, 0.5) is 14.6 Å². The maximum Gasteiger partial charge on any atom is 0.356 e. The van der Waals surface area contributed by atoms with E-state index in [0.717, 1.165) is 6.07 Å². The first-order valence-electron chi connectivity index (χ1n) is 7.93. The summed E-state index contributed by atoms with van der Waals surface area (Å²) in [4.78, 5) is 49.1. The zero-order chi connectivity index (χ0) is 21.5. The van der Waals surface area contributed by atoms with E-state index in [0.29, 0.717) is 6.20 Å². The van der Waals surface area contributed by atoms with Crippen molar-refractivity contribution in [2.45, 2.75) is 37.9 Å². The number of carbonyl (C=O) groups excluding carboxylic acids is 3. The molecule has 1 aromatic heterocycles. The highest BCUT2D eigenvalue weighted by molar-refractivity contribution is 5.90. The molecule has 28 heavy (non-hydrogen) atoms. The van der Waals surface area contributed by atoms with Crippen LogP contribution in [0.3, 0.4) is 0 Å². The Kier molecular flexibility index (Phi) is 8.28. The Morgan fingerprint density at radius 2 is 2.00 bits per heavy atom. The number of hydrogen-bond donors (Lipinski definition) is 4. The van der Waals surface area contributed by atoms with E-state index in [-0.39, 0.29) is 29.8 Å². The molecular formula is C15H19F2N3O8. The van der Waals surface area contributed by atoms with Gasteiger partial charge < -0.3 is 25.4 Å². The molecule has 0 radical (unpaired) electrons. The highest BCUT2D eigenvalue weighted by Gasteiger charge is 2.50. The van der Waals surface area contributed by atoms with Gasteiger partial charge in [-0.1, -0.05) is 0 Å². The Morgan fingerprint density at radius 3 is 2.54 bits per heavy atom. The number of anilines is 1. The first kappa shape index (κ1) is 23.3. The van der Waals surface area contributed by atoms with Crippen molar-refractivity contribution in [3.05, 3.63) is 22.7 Å². The molecule has 0 aliphatic rings. The van der Waals surface area contributed by atoms with Gasteiger partial charge >= 0.3 is 23.5 Å². The van der Waals surface area contributed by atoms with Gasteiger partial charge in [0.15, 0.2) is 6.10 Å². The second-order valence-electron chi connectivity index (χ2n) is 5.58. The predicted octanol–water partition coefficient (Wildman–Crippen LogP) is -1.49. The van der Waals surface area contributed by atoms with Gasteiger partial charge in [0.25, 0.3) is 0 Å². The van der Waals surface area contributed by atoms with Crippen molar-refractivity contribution in [1.82, 2.24) is 9.55 Å². The number of aromatic nitrogens is 2. The van der Waals surface area contributed by atoms with Crippen LogP contribution in [-0.4, -0.2) is 74.0 Å². The summed E-state index contributed by atoms with van der Waals surface area (Å²) in [5.74, 6) is -8.19. The second kappa shape index (κ2) is 9.96. The molecule has 0 fully saturated rings. The van der Waals surface area contributed by atoms with E-state index in [9.17, 15) is 33.1 Å². The molecule has 0 aromatic carbocycles. The van der Waals surface area contributed by atoms with Crippen LogP contribution in [0.15, 0.2) is 17.1 Å². The third-order valence-electron chi connectivity index (χ3n) is 3.35. The summed E-state index contributed by atoms with van der Waals surface area (Å²) >= 11 is 0. The number of aliphatic hydroxyl groups excluding tert-OH is 3. The number of halogens is 2. The Bertz CT molecular complexity index is 783. The van der Waals surface area contributed by atoms with Gasteiger partial charge in [-0.3, -0.25) is 14.4 Å². The van der Waals surface area contributed by atoms with Crippen LogP contribution in [0.2, 0.25) is 0 Å². The van der Waals surface area contributed by atoms with Crippen LogP contribution >= 0.6 is 0 Å². The van der Waals surface area contributed by atoms with E-state index in [4.69, 9.17) is 10.2 Å². The summed E-state index contributed by atoms with van der Waals surface area (Å²) in [6.07, 6.45) is -4.54. The number of ether oxygens (including phenoxy) is 1. The molecule has 1 amide bonds. The first-order chi connectivity index (χ1) is 13.0. The lowest BCUT2D eigenvalue weighted by molar-refractivity contribution is -0.141. The van der Waals surface area contributed by atoms with Crippen molar-refractivity contribution in [2.75, 3.05) is 18.5 Å². The predicted molar refractivity (Wildman–Crippen MR) is 87.7 cm³/mol. The molecule has 0 spiro atoms. The fraction of sp³-hybridized carbons (Fsp3) is 0.533. The Morgan fingerprint density at radius 1 is 1.36 bits per heavy atom. The summed E-state index contributed by atoms with van der Waals surface area (Å²) in [5.41, 5.74) is -1.46. The maximum atomic E-state index is 13.9. The van der Waals surface area contributed by atoms with Gasteiger partial charge in [-0.2, -0.15) is 13.8 Å². The Balaban J connectivity index is 2.81. The van der Waals surface area contributed by atoms with Crippen molar-refractivity contribution >= 4 is 23.6 Å². The highest BCUT2D eigenvalue weighted by atomic mass is 19.3. The summed E-state index contributed by atoms with van der Waals surface area (Å²) in [5, 5.41) is 29.2. The van der Waals surface area contributed by atoms with Gasteiger partial charge in [-0.15, -0.1) is 0 Å². The van der Waals surface area contributed by atoms with Crippen molar-refractivity contribution < 1.29 is 43.2 Å². The molecule has 0 saturated heterocycles. The van der Waals surface area contributed by atoms with Crippen molar-refractivity contribution in [3.63, 3.8) is 0 Å². The molecule has 1 rings (SSSR count). The fourth-order valence-corrected chi connectivity index (χ4v) is 1.91. The quantitative estimate of drug-likeness (QED) is 0.282. The van der Waals surface area contributed by atoms with Gasteiger partial charge in [0.2, 0.25) is 5.91 Å². The number of amides is 1. The lowest BCUT2D eigenvalue weighted by atomic mass is 10.1. The Labute approximate surface area is 156 Å². The average Bonchev–Trinajstić information content (AvgIpc) is 2.63. The maximum absolute atomic E-state index is 13.9. The molecule has 0 saturated carbocycles. The van der Waals surface area contributed by atoms with E-state index in [2.05, 4.69) is 15.0 Å². The van der Waals surface area contributed by atoms with Crippen LogP contribution in [0.25, 0.3) is 0 Å². The molecule has 1 aromatic rings. The van der Waals surface area contributed by atoms with Crippen LogP contribution < -0.4 is 11.0 Å². The largest absolute Gasteiger partial charge is 0.466 e. The molecule has 2 atom stereocenters. The molecule has 11 nitrogen and oxygen atoms in total. The molecule has 0 aliphatic carbocycles. The molecule has 0 unspecified atom stereocenters. The average molecular weight is 407 g/mol. The summed E-state index contributed by atoms with van der Waals surface area (Å²) in [7, 11) is 0. The minimum Gasteiger partial charge on any atom is -0.466 e. The third-order valence-corrected chi connectivity index (χ3v) is 3.35. The highest BCUT2D eigenvalue weighted by Crippen LogP contribution is 2.23. The fourth-order valence-electron chi connectivity index (χ4n) is 1.91. The summed E-state index contributed by atoms with van der Waals surface area (Å²) < 4.78 is 32.3. The van der Waals surface area contributed by atoms with Crippen LogP contribution in [0.1, 0.15) is 24.6 Å². The minimum absolute atomic E-state index is 0.00335. The van der Waals surface area contributed by atoms with E-state index >= 15 is 0 Å². The summed E-state index contributed by atoms with van der Waals surface area (Å²) in [6.45, 7) is -0.0314. The normalized spacial score (nSPS) is 13.5. The van der Waals surface area contributed by atoms with Crippen LogP contribution in [-0.2, 0) is 14.3 Å². The smallest absolute Gasteiger partial charge is 0.356 e. The molecule has 1 heterocycles. The van der Waals surface area contributed by atoms with Crippen LogP contribution in [0.5, 0.6) is 0 Å². The number of hydrogen-bond acceptors (Lipinski definition) is 9. The van der Waals surface area contributed by atoms with Gasteiger partial charge in [0.1, 0.15) is 11.9 Å². The summed E-state index contributed by atoms with van der Waals surface area (Å²) in [6, 6.07) is 0.897. The lowest BCUT2D eigenvalue weighted by Crippen LogP contribution is -2.53.